The lowest BCUT2D eigenvalue weighted by Gasteiger charge is -2.38. The highest BCUT2D eigenvalue weighted by atomic mass is 35.6. The van der Waals surface area contributed by atoms with E-state index in [4.69, 9.17) is 79.1 Å². The first-order valence-electron chi connectivity index (χ1n) is 6.08. The number of hydrogen-bond donors (Lipinski definition) is 1. The van der Waals surface area contributed by atoms with Crippen LogP contribution in [0.15, 0.2) is 35.4 Å². The first-order valence-corrected chi connectivity index (χ1v) is 8.35. The molecule has 0 atom stereocenters. The van der Waals surface area contributed by atoms with Gasteiger partial charge in [-0.25, -0.2) is 0 Å². The second kappa shape index (κ2) is 6.95. The normalized spacial score (nSPS) is 17.6. The van der Waals surface area contributed by atoms with Crippen LogP contribution in [0.5, 0.6) is 5.75 Å². The Bertz CT molecular complexity index is 605. The van der Waals surface area contributed by atoms with Crippen LogP contribution in [-0.2, 0) is 4.74 Å². The van der Waals surface area contributed by atoms with Crippen LogP contribution in [0.4, 0.5) is 0 Å². The highest BCUT2D eigenvalue weighted by Crippen LogP contribution is 2.53. The number of halogens is 6. The lowest BCUT2D eigenvalue weighted by molar-refractivity contribution is 0.0575. The number of rotatable bonds is 3. The molecule has 4 nitrogen and oxygen atoms in total. The lowest BCUT2D eigenvalue weighted by atomic mass is 10.2. The van der Waals surface area contributed by atoms with Crippen molar-refractivity contribution < 1.29 is 9.47 Å². The van der Waals surface area contributed by atoms with Crippen molar-refractivity contribution in [3.05, 3.63) is 35.9 Å². The van der Waals surface area contributed by atoms with Gasteiger partial charge in [-0.05, 0) is 23.8 Å². The van der Waals surface area contributed by atoms with Crippen molar-refractivity contribution in [2.75, 3.05) is 7.11 Å². The molecule has 2 rings (SSSR count). The molecule has 0 spiro atoms. The van der Waals surface area contributed by atoms with Crippen LogP contribution in [0.25, 0.3) is 6.08 Å². The molecule has 23 heavy (non-hydrogen) atoms. The number of hydrogen-bond acceptors (Lipinski definition) is 4. The lowest BCUT2D eigenvalue weighted by Crippen LogP contribution is -2.61. The SMILES string of the molecule is COc1ccc(C=CC2=NNC(C(Cl)(Cl)Cl)(C(Cl)(Cl)Cl)O2)cc1. The Morgan fingerprint density at radius 3 is 2.04 bits per heavy atom. The third-order valence-corrected chi connectivity index (χ3v) is 4.51. The highest BCUT2D eigenvalue weighted by Gasteiger charge is 2.66. The van der Waals surface area contributed by atoms with E-state index in [0.717, 1.165) is 11.3 Å². The minimum absolute atomic E-state index is 0.0958. The topological polar surface area (TPSA) is 42.8 Å². The fourth-order valence-corrected chi connectivity index (χ4v) is 3.46. The zero-order chi connectivity index (χ0) is 17.3. The smallest absolute Gasteiger partial charge is 0.291 e. The standard InChI is InChI=1S/C13H10Cl6N2O2/c1-22-9-5-2-8(3-6-9)4-7-10-20-21-11(23-10,12(14,15)16)13(17,18)19/h2-7,21H,1H3. The second-order valence-corrected chi connectivity index (χ2v) is 9.01. The Morgan fingerprint density at radius 1 is 1.04 bits per heavy atom. The van der Waals surface area contributed by atoms with Crippen LogP contribution in [0.3, 0.4) is 0 Å². The number of methoxy groups -OCH3 is 1. The molecule has 1 N–H and O–H groups in total. The van der Waals surface area contributed by atoms with E-state index in [-0.39, 0.29) is 5.90 Å². The molecule has 0 aromatic heterocycles. The summed E-state index contributed by atoms with van der Waals surface area (Å²) < 4.78 is 6.39. The molecule has 126 valence electrons. The van der Waals surface area contributed by atoms with E-state index in [1.54, 1.807) is 19.3 Å². The summed E-state index contributed by atoms with van der Waals surface area (Å²) in [7, 11) is 1.59. The second-order valence-electron chi connectivity index (χ2n) is 4.45. The van der Waals surface area contributed by atoms with Gasteiger partial charge in [-0.3, -0.25) is 5.43 Å². The molecule has 1 aliphatic heterocycles. The van der Waals surface area contributed by atoms with Gasteiger partial charge in [0, 0.05) is 6.08 Å². The van der Waals surface area contributed by atoms with Crippen LogP contribution < -0.4 is 10.2 Å². The summed E-state index contributed by atoms with van der Waals surface area (Å²) in [5.74, 6) is 0.836. The van der Waals surface area contributed by atoms with Crippen molar-refractivity contribution >= 4 is 81.6 Å². The molecular formula is C13H10Cl6N2O2. The predicted molar refractivity (Wildman–Crippen MR) is 97.0 cm³/mol. The van der Waals surface area contributed by atoms with E-state index < -0.39 is 13.3 Å². The van der Waals surface area contributed by atoms with Crippen LogP contribution >= 0.6 is 69.6 Å². The van der Waals surface area contributed by atoms with Gasteiger partial charge in [0.05, 0.1) is 7.11 Å². The molecule has 0 bridgehead atoms. The summed E-state index contributed by atoms with van der Waals surface area (Å²) in [6, 6.07) is 7.30. The summed E-state index contributed by atoms with van der Waals surface area (Å²) in [5, 5.41) is 3.90. The maximum Gasteiger partial charge on any atom is 0.291 e. The molecule has 0 saturated heterocycles. The Kier molecular flexibility index (Phi) is 5.77. The molecular weight excluding hydrogens is 429 g/mol. The minimum Gasteiger partial charge on any atom is -0.497 e. The van der Waals surface area contributed by atoms with E-state index in [1.807, 2.05) is 24.3 Å². The zero-order valence-electron chi connectivity index (χ0n) is 11.5. The van der Waals surface area contributed by atoms with E-state index in [0.29, 0.717) is 0 Å². The zero-order valence-corrected chi connectivity index (χ0v) is 16.0. The van der Waals surface area contributed by atoms with E-state index in [1.165, 1.54) is 0 Å². The Balaban J connectivity index is 2.16. The maximum absolute atomic E-state index is 5.88. The van der Waals surface area contributed by atoms with Crippen LogP contribution in [0.2, 0.25) is 0 Å². The van der Waals surface area contributed by atoms with Gasteiger partial charge in [-0.15, -0.1) is 5.10 Å². The molecule has 10 heteroatoms. The molecule has 1 aliphatic rings. The number of ether oxygens (including phenoxy) is 2. The Labute approximate surface area is 163 Å². The van der Waals surface area contributed by atoms with Gasteiger partial charge >= 0.3 is 0 Å². The quantitative estimate of drug-likeness (QED) is 0.669. The van der Waals surface area contributed by atoms with Crippen molar-refractivity contribution in [3.8, 4) is 5.75 Å². The van der Waals surface area contributed by atoms with Crippen LogP contribution in [0, 0.1) is 0 Å². The molecule has 0 unspecified atom stereocenters. The van der Waals surface area contributed by atoms with Gasteiger partial charge in [-0.2, -0.15) is 0 Å². The Hall–Kier alpha value is -0.230. The average Bonchev–Trinajstić information content (AvgIpc) is 2.91. The third-order valence-electron chi connectivity index (χ3n) is 2.91. The summed E-state index contributed by atoms with van der Waals surface area (Å²) >= 11 is 35.3. The van der Waals surface area contributed by atoms with Gasteiger partial charge < -0.3 is 9.47 Å². The van der Waals surface area contributed by atoms with Crippen LogP contribution in [0.1, 0.15) is 5.56 Å². The van der Waals surface area contributed by atoms with Gasteiger partial charge in [-0.1, -0.05) is 81.7 Å². The average molecular weight is 439 g/mol. The fraction of sp³-hybridized carbons (Fsp3) is 0.308. The van der Waals surface area contributed by atoms with Crippen molar-refractivity contribution in [3.63, 3.8) is 0 Å². The summed E-state index contributed by atoms with van der Waals surface area (Å²) in [5.41, 5.74) is 1.38. The van der Waals surface area contributed by atoms with Gasteiger partial charge in [0.2, 0.25) is 5.90 Å². The van der Waals surface area contributed by atoms with E-state index in [2.05, 4.69) is 10.5 Å². The van der Waals surface area contributed by atoms with Crippen molar-refractivity contribution in [2.24, 2.45) is 5.10 Å². The molecule has 1 heterocycles. The molecule has 0 amide bonds. The van der Waals surface area contributed by atoms with Crippen molar-refractivity contribution in [1.29, 1.82) is 0 Å². The third kappa shape index (κ3) is 4.06. The first-order chi connectivity index (χ1) is 10.6. The van der Waals surface area contributed by atoms with E-state index in [9.17, 15) is 0 Å². The number of nitrogens with one attached hydrogen (secondary N) is 1. The largest absolute Gasteiger partial charge is 0.497 e. The van der Waals surface area contributed by atoms with Crippen LogP contribution in [-0.4, -0.2) is 26.3 Å². The molecule has 1 aromatic rings. The summed E-state index contributed by atoms with van der Waals surface area (Å²) in [4.78, 5) is 0. The Morgan fingerprint density at radius 2 is 1.61 bits per heavy atom. The molecule has 0 radical (unpaired) electrons. The molecule has 0 aliphatic carbocycles. The predicted octanol–water partition coefficient (Wildman–Crippen LogP) is 5.08. The van der Waals surface area contributed by atoms with Crippen molar-refractivity contribution in [2.45, 2.75) is 13.3 Å². The monoisotopic (exact) mass is 436 g/mol. The molecule has 1 aromatic carbocycles. The first kappa shape index (κ1) is 19.1. The van der Waals surface area contributed by atoms with Gasteiger partial charge in [0.15, 0.2) is 0 Å². The number of alkyl halides is 6. The number of hydrazone groups is 1. The fourth-order valence-electron chi connectivity index (χ4n) is 1.69. The number of benzene rings is 1. The minimum atomic E-state index is -2.09. The number of nitrogens with zero attached hydrogens (tertiary/aromatic N) is 1. The van der Waals surface area contributed by atoms with Crippen molar-refractivity contribution in [1.82, 2.24) is 5.43 Å². The highest BCUT2D eigenvalue weighted by molar-refractivity contribution is 6.73. The van der Waals surface area contributed by atoms with E-state index >= 15 is 0 Å². The molecule has 0 fully saturated rings. The maximum atomic E-state index is 5.88. The van der Waals surface area contributed by atoms with Gasteiger partial charge in [0.25, 0.3) is 13.3 Å². The summed E-state index contributed by atoms with van der Waals surface area (Å²) in [6.07, 6.45) is 3.27. The molecule has 0 saturated carbocycles. The summed E-state index contributed by atoms with van der Waals surface area (Å²) in [6.45, 7) is 0. The van der Waals surface area contributed by atoms with Gasteiger partial charge in [0.1, 0.15) is 5.75 Å².